The molecule has 3 aromatic rings. The molecule has 144 valence electrons. The van der Waals surface area contributed by atoms with Gasteiger partial charge in [0.05, 0.1) is 4.90 Å². The van der Waals surface area contributed by atoms with Crippen LogP contribution in [0, 0.1) is 0 Å². The van der Waals surface area contributed by atoms with Crippen LogP contribution in [-0.4, -0.2) is 30.8 Å². The van der Waals surface area contributed by atoms with E-state index in [9.17, 15) is 8.42 Å². The second kappa shape index (κ2) is 8.25. The van der Waals surface area contributed by atoms with Crippen molar-refractivity contribution in [3.05, 3.63) is 65.9 Å². The molecular weight excluding hydrogens is 358 g/mol. The van der Waals surface area contributed by atoms with Gasteiger partial charge in [0.25, 0.3) is 0 Å². The van der Waals surface area contributed by atoms with Crippen molar-refractivity contribution in [2.45, 2.75) is 38.3 Å². The van der Waals surface area contributed by atoms with E-state index in [4.69, 9.17) is 0 Å². The Morgan fingerprint density at radius 2 is 1.74 bits per heavy atom. The number of nitrogens with one attached hydrogen (secondary N) is 2. The van der Waals surface area contributed by atoms with E-state index in [1.54, 1.807) is 12.1 Å². The summed E-state index contributed by atoms with van der Waals surface area (Å²) in [5, 5.41) is 4.75. The highest BCUT2D eigenvalue weighted by atomic mass is 32.2. The molecular formula is C21H27N3O2S. The molecule has 3 rings (SSSR count). The number of aromatic amines is 1. The lowest BCUT2D eigenvalue weighted by molar-refractivity contribution is 0.445. The fourth-order valence-corrected chi connectivity index (χ4v) is 4.78. The molecule has 0 aliphatic heterocycles. The van der Waals surface area contributed by atoms with E-state index in [-0.39, 0.29) is 6.04 Å². The summed E-state index contributed by atoms with van der Waals surface area (Å²) in [6.07, 6.45) is 1.95. The molecule has 27 heavy (non-hydrogen) atoms. The summed E-state index contributed by atoms with van der Waals surface area (Å²) < 4.78 is 26.7. The SMILES string of the molecule is CCN(CC)S(=O)(=O)c1ccc(C(C)NCc2cccc3[nH]ccc23)cc1. The van der Waals surface area contributed by atoms with Gasteiger partial charge in [-0.25, -0.2) is 8.42 Å². The highest BCUT2D eigenvalue weighted by Crippen LogP contribution is 2.21. The molecule has 0 spiro atoms. The first-order valence-corrected chi connectivity index (χ1v) is 10.8. The average molecular weight is 386 g/mol. The minimum atomic E-state index is -3.41. The molecule has 0 saturated heterocycles. The smallest absolute Gasteiger partial charge is 0.243 e. The van der Waals surface area contributed by atoms with Crippen molar-refractivity contribution in [1.29, 1.82) is 0 Å². The molecule has 0 bridgehead atoms. The van der Waals surface area contributed by atoms with Crippen LogP contribution in [0.5, 0.6) is 0 Å². The van der Waals surface area contributed by atoms with Gasteiger partial charge in [-0.05, 0) is 42.3 Å². The number of hydrogen-bond donors (Lipinski definition) is 2. The summed E-state index contributed by atoms with van der Waals surface area (Å²) in [6, 6.07) is 15.6. The van der Waals surface area contributed by atoms with E-state index >= 15 is 0 Å². The number of sulfonamides is 1. The Hall–Kier alpha value is -2.15. The summed E-state index contributed by atoms with van der Waals surface area (Å²) in [4.78, 5) is 3.58. The van der Waals surface area contributed by atoms with Crippen LogP contribution in [0.3, 0.4) is 0 Å². The molecule has 0 aliphatic carbocycles. The Labute approximate surface area is 161 Å². The first-order valence-electron chi connectivity index (χ1n) is 9.35. The molecule has 2 aromatic carbocycles. The fourth-order valence-electron chi connectivity index (χ4n) is 3.33. The molecule has 0 amide bonds. The number of fused-ring (bicyclic) bond motifs is 1. The number of benzene rings is 2. The molecule has 0 saturated carbocycles. The average Bonchev–Trinajstić information content (AvgIpc) is 3.16. The normalized spacial score (nSPS) is 13.3. The Balaban J connectivity index is 1.71. The first kappa shape index (κ1) is 19.6. The van der Waals surface area contributed by atoms with Crippen LogP contribution in [0.25, 0.3) is 10.9 Å². The molecule has 2 N–H and O–H groups in total. The molecule has 0 aliphatic rings. The van der Waals surface area contributed by atoms with E-state index in [1.165, 1.54) is 15.3 Å². The summed E-state index contributed by atoms with van der Waals surface area (Å²) in [6.45, 7) is 7.49. The quantitative estimate of drug-likeness (QED) is 0.615. The Morgan fingerprint density at radius 1 is 1.04 bits per heavy atom. The highest BCUT2D eigenvalue weighted by Gasteiger charge is 2.21. The number of rotatable bonds is 8. The van der Waals surface area contributed by atoms with Crippen molar-refractivity contribution in [3.63, 3.8) is 0 Å². The summed E-state index contributed by atoms with van der Waals surface area (Å²) >= 11 is 0. The van der Waals surface area contributed by atoms with Gasteiger partial charge in [-0.2, -0.15) is 4.31 Å². The Kier molecular flexibility index (Phi) is 5.99. The lowest BCUT2D eigenvalue weighted by atomic mass is 10.1. The zero-order valence-electron chi connectivity index (χ0n) is 16.1. The maximum atomic E-state index is 12.6. The van der Waals surface area contributed by atoms with E-state index in [2.05, 4.69) is 35.4 Å². The standard InChI is InChI=1S/C21H27N3O2S/c1-4-24(5-2)27(25,26)19-11-9-17(10-12-19)16(3)23-15-18-7-6-8-21-20(18)13-14-22-21/h6-14,16,22-23H,4-5,15H2,1-3H3. The second-order valence-corrected chi connectivity index (χ2v) is 8.55. The van der Waals surface area contributed by atoms with Crippen molar-refractivity contribution in [1.82, 2.24) is 14.6 Å². The number of hydrogen-bond acceptors (Lipinski definition) is 3. The van der Waals surface area contributed by atoms with Gasteiger partial charge in [-0.1, -0.05) is 38.1 Å². The number of H-pyrrole nitrogens is 1. The highest BCUT2D eigenvalue weighted by molar-refractivity contribution is 7.89. The molecule has 1 aromatic heterocycles. The number of aromatic nitrogens is 1. The van der Waals surface area contributed by atoms with Gasteiger partial charge in [0.15, 0.2) is 0 Å². The zero-order valence-corrected chi connectivity index (χ0v) is 16.9. The van der Waals surface area contributed by atoms with E-state index in [0.717, 1.165) is 17.6 Å². The number of nitrogens with zero attached hydrogens (tertiary/aromatic N) is 1. The first-order chi connectivity index (χ1) is 13.0. The summed E-state index contributed by atoms with van der Waals surface area (Å²) in [5.41, 5.74) is 3.43. The van der Waals surface area contributed by atoms with Crippen molar-refractivity contribution in [2.75, 3.05) is 13.1 Å². The predicted molar refractivity (Wildman–Crippen MR) is 110 cm³/mol. The second-order valence-electron chi connectivity index (χ2n) is 6.62. The van der Waals surface area contributed by atoms with Gasteiger partial charge >= 0.3 is 0 Å². The van der Waals surface area contributed by atoms with Gasteiger partial charge in [0, 0.05) is 42.8 Å². The third-order valence-corrected chi connectivity index (χ3v) is 7.07. The fraction of sp³-hybridized carbons (Fsp3) is 0.333. The van der Waals surface area contributed by atoms with Crippen LogP contribution in [0.1, 0.15) is 37.9 Å². The monoisotopic (exact) mass is 385 g/mol. The molecule has 0 fully saturated rings. The minimum Gasteiger partial charge on any atom is -0.361 e. The maximum Gasteiger partial charge on any atom is 0.243 e. The Bertz CT molecular complexity index is 990. The van der Waals surface area contributed by atoms with Gasteiger partial charge in [0.1, 0.15) is 0 Å². The molecule has 1 atom stereocenters. The van der Waals surface area contributed by atoms with Crippen LogP contribution >= 0.6 is 0 Å². The van der Waals surface area contributed by atoms with Gasteiger partial charge < -0.3 is 10.3 Å². The predicted octanol–water partition coefficient (Wildman–Crippen LogP) is 4.05. The molecule has 1 heterocycles. The third-order valence-electron chi connectivity index (χ3n) is 5.01. The molecule has 5 nitrogen and oxygen atoms in total. The van der Waals surface area contributed by atoms with Gasteiger partial charge in [-0.15, -0.1) is 0 Å². The van der Waals surface area contributed by atoms with Crippen LogP contribution < -0.4 is 5.32 Å². The van der Waals surface area contributed by atoms with Crippen molar-refractivity contribution in [2.24, 2.45) is 0 Å². The topological polar surface area (TPSA) is 65.2 Å². The maximum absolute atomic E-state index is 12.6. The van der Waals surface area contributed by atoms with Crippen molar-refractivity contribution >= 4 is 20.9 Å². The van der Waals surface area contributed by atoms with Gasteiger partial charge in [-0.3, -0.25) is 0 Å². The van der Waals surface area contributed by atoms with Gasteiger partial charge in [0.2, 0.25) is 10.0 Å². The van der Waals surface area contributed by atoms with Crippen LogP contribution in [-0.2, 0) is 16.6 Å². The van der Waals surface area contributed by atoms with E-state index in [0.29, 0.717) is 18.0 Å². The van der Waals surface area contributed by atoms with Crippen LogP contribution in [0.4, 0.5) is 0 Å². The Morgan fingerprint density at radius 3 is 2.41 bits per heavy atom. The third kappa shape index (κ3) is 4.08. The summed E-state index contributed by atoms with van der Waals surface area (Å²) in [7, 11) is -3.41. The largest absolute Gasteiger partial charge is 0.361 e. The minimum absolute atomic E-state index is 0.115. The lowest BCUT2D eigenvalue weighted by Crippen LogP contribution is -2.30. The van der Waals surface area contributed by atoms with Crippen molar-refractivity contribution in [3.8, 4) is 0 Å². The summed E-state index contributed by atoms with van der Waals surface area (Å²) in [5.74, 6) is 0. The van der Waals surface area contributed by atoms with E-state index < -0.39 is 10.0 Å². The van der Waals surface area contributed by atoms with Crippen LogP contribution in [0.15, 0.2) is 59.6 Å². The van der Waals surface area contributed by atoms with Crippen molar-refractivity contribution < 1.29 is 8.42 Å². The molecule has 0 radical (unpaired) electrons. The molecule has 6 heteroatoms. The van der Waals surface area contributed by atoms with Crippen LogP contribution in [0.2, 0.25) is 0 Å². The molecule has 1 unspecified atom stereocenters. The lowest BCUT2D eigenvalue weighted by Gasteiger charge is -2.19. The zero-order chi connectivity index (χ0) is 19.4. The van der Waals surface area contributed by atoms with E-state index in [1.807, 2.05) is 38.2 Å².